The third-order valence-corrected chi connectivity index (χ3v) is 7.15. The second kappa shape index (κ2) is 5.17. The van der Waals surface area contributed by atoms with E-state index in [0.29, 0.717) is 0 Å². The van der Waals surface area contributed by atoms with Gasteiger partial charge < -0.3 is 9.52 Å². The molecule has 0 aromatic carbocycles. The molecule has 2 heterocycles. The lowest BCUT2D eigenvalue weighted by molar-refractivity contribution is 0.245. The molecule has 1 N–H and O–H groups in total. The van der Waals surface area contributed by atoms with E-state index in [1.807, 2.05) is 0 Å². The average Bonchev–Trinajstić information content (AvgIpc) is 2.70. The summed E-state index contributed by atoms with van der Waals surface area (Å²) in [5.74, 6) is -0.251. The molecule has 1 aliphatic rings. The average molecular weight is 374 g/mol. The Kier molecular flexibility index (Phi) is 4.07. The van der Waals surface area contributed by atoms with E-state index in [4.69, 9.17) is 9.52 Å². The van der Waals surface area contributed by atoms with Crippen molar-refractivity contribution >= 4 is 35.8 Å². The lowest BCUT2D eigenvalue weighted by Crippen LogP contribution is -2.43. The van der Waals surface area contributed by atoms with Crippen LogP contribution in [-0.2, 0) is 26.5 Å². The van der Waals surface area contributed by atoms with Gasteiger partial charge in [-0.05, 0) is 15.9 Å². The van der Waals surface area contributed by atoms with Gasteiger partial charge in [-0.1, -0.05) is 0 Å². The molecule has 0 saturated carbocycles. The van der Waals surface area contributed by atoms with Crippen LogP contribution < -0.4 is 0 Å². The van der Waals surface area contributed by atoms with Gasteiger partial charge in [0.05, 0.1) is 11.5 Å². The maximum Gasteiger partial charge on any atom is 0.247 e. The number of halogens is 1. The van der Waals surface area contributed by atoms with E-state index in [1.54, 1.807) is 0 Å². The van der Waals surface area contributed by atoms with Gasteiger partial charge in [0, 0.05) is 19.2 Å². The number of furan rings is 1. The van der Waals surface area contributed by atoms with Crippen molar-refractivity contribution in [3.05, 3.63) is 16.5 Å². The van der Waals surface area contributed by atoms with Crippen molar-refractivity contribution in [1.29, 1.82) is 0 Å². The Morgan fingerprint density at radius 1 is 1.37 bits per heavy atom. The molecule has 2 rings (SSSR count). The van der Waals surface area contributed by atoms with E-state index in [2.05, 4.69) is 15.9 Å². The number of hydrogen-bond donors (Lipinski definition) is 1. The molecule has 10 heteroatoms. The summed E-state index contributed by atoms with van der Waals surface area (Å²) in [4.78, 5) is -0.101. The molecule has 7 nitrogen and oxygen atoms in total. The maximum absolute atomic E-state index is 12.3. The first-order valence-corrected chi connectivity index (χ1v) is 9.41. The van der Waals surface area contributed by atoms with Crippen LogP contribution in [0.3, 0.4) is 0 Å². The van der Waals surface area contributed by atoms with E-state index < -0.39 is 26.5 Å². The van der Waals surface area contributed by atoms with Gasteiger partial charge in [-0.15, -0.1) is 0 Å². The highest BCUT2D eigenvalue weighted by Gasteiger charge is 2.33. The van der Waals surface area contributed by atoms with E-state index in [0.717, 1.165) is 4.31 Å². The predicted molar refractivity (Wildman–Crippen MR) is 69.7 cm³/mol. The molecule has 0 amide bonds. The first kappa shape index (κ1) is 15.0. The Bertz CT molecular complexity index is 664. The van der Waals surface area contributed by atoms with Gasteiger partial charge in [-0.25, -0.2) is 16.8 Å². The molecule has 19 heavy (non-hydrogen) atoms. The minimum Gasteiger partial charge on any atom is -0.450 e. The largest absolute Gasteiger partial charge is 0.450 e. The molecule has 108 valence electrons. The maximum atomic E-state index is 12.3. The van der Waals surface area contributed by atoms with Crippen molar-refractivity contribution in [2.24, 2.45) is 0 Å². The predicted octanol–water partition coefficient (Wildman–Crippen LogP) is -0.0465. The van der Waals surface area contributed by atoms with E-state index in [1.165, 1.54) is 6.07 Å². The molecular weight excluding hydrogens is 362 g/mol. The van der Waals surface area contributed by atoms with E-state index >= 15 is 0 Å². The fraction of sp³-hybridized carbons (Fsp3) is 0.556. The second-order valence-corrected chi connectivity index (χ2v) is 8.99. The molecule has 0 radical (unpaired) electrons. The van der Waals surface area contributed by atoms with Crippen LogP contribution in [0.5, 0.6) is 0 Å². The second-order valence-electron chi connectivity index (χ2n) is 4.06. The van der Waals surface area contributed by atoms with Crippen molar-refractivity contribution in [3.63, 3.8) is 0 Å². The first-order valence-electron chi connectivity index (χ1n) is 5.36. The molecule has 0 unspecified atom stereocenters. The fourth-order valence-electron chi connectivity index (χ4n) is 1.73. The summed E-state index contributed by atoms with van der Waals surface area (Å²) in [5, 5.41) is 8.92. The van der Waals surface area contributed by atoms with Gasteiger partial charge in [0.1, 0.15) is 17.3 Å². The summed E-state index contributed by atoms with van der Waals surface area (Å²) >= 11 is 2.98. The highest BCUT2D eigenvalue weighted by Crippen LogP contribution is 2.29. The fourth-order valence-corrected chi connectivity index (χ4v) is 5.56. The third-order valence-electron chi connectivity index (χ3n) is 2.78. The van der Waals surface area contributed by atoms with Crippen molar-refractivity contribution in [1.82, 2.24) is 4.31 Å². The Labute approximate surface area is 119 Å². The smallest absolute Gasteiger partial charge is 0.247 e. The minimum atomic E-state index is -3.81. The van der Waals surface area contributed by atoms with Gasteiger partial charge >= 0.3 is 0 Å². The standard InChI is InChI=1S/C9H12BrNO6S2/c10-9-8(5-7(6-12)17-9)19(15,16)11-1-3-18(13,14)4-2-11/h5,12H,1-4,6H2. The van der Waals surface area contributed by atoms with Gasteiger partial charge in [-0.3, -0.25) is 0 Å². The molecule has 0 bridgehead atoms. The zero-order valence-corrected chi connectivity index (χ0v) is 13.0. The Morgan fingerprint density at radius 3 is 2.42 bits per heavy atom. The summed E-state index contributed by atoms with van der Waals surface area (Å²) < 4.78 is 53.3. The van der Waals surface area contributed by atoms with Gasteiger partial charge in [-0.2, -0.15) is 4.31 Å². The molecule has 1 fully saturated rings. The summed E-state index contributed by atoms with van der Waals surface area (Å²) in [6.45, 7) is -0.560. The quantitative estimate of drug-likeness (QED) is 0.796. The monoisotopic (exact) mass is 373 g/mol. The summed E-state index contributed by atoms with van der Waals surface area (Å²) in [6.07, 6.45) is 0. The topological polar surface area (TPSA) is 105 Å². The van der Waals surface area contributed by atoms with E-state index in [-0.39, 0.29) is 39.9 Å². The molecule has 1 aromatic heterocycles. The molecular formula is C9H12BrNO6S2. The van der Waals surface area contributed by atoms with Crippen molar-refractivity contribution in [2.75, 3.05) is 24.6 Å². The van der Waals surface area contributed by atoms with Crippen molar-refractivity contribution < 1.29 is 26.4 Å². The molecule has 1 aromatic rings. The first-order chi connectivity index (χ1) is 8.76. The van der Waals surface area contributed by atoms with E-state index in [9.17, 15) is 16.8 Å². The number of hydrogen-bond acceptors (Lipinski definition) is 6. The van der Waals surface area contributed by atoms with Crippen molar-refractivity contribution in [3.8, 4) is 0 Å². The molecule has 0 atom stereocenters. The van der Waals surface area contributed by atoms with Crippen molar-refractivity contribution in [2.45, 2.75) is 11.5 Å². The molecule has 1 aliphatic heterocycles. The lowest BCUT2D eigenvalue weighted by atomic mass is 10.5. The van der Waals surface area contributed by atoms with Gasteiger partial charge in [0.25, 0.3) is 0 Å². The highest BCUT2D eigenvalue weighted by atomic mass is 79.9. The van der Waals surface area contributed by atoms with Crippen LogP contribution in [0.15, 0.2) is 20.0 Å². The molecule has 0 spiro atoms. The van der Waals surface area contributed by atoms with Gasteiger partial charge in [0.15, 0.2) is 14.5 Å². The van der Waals surface area contributed by atoms with Crippen LogP contribution in [0.1, 0.15) is 5.76 Å². The number of sulfonamides is 1. The third kappa shape index (κ3) is 3.02. The van der Waals surface area contributed by atoms with Crippen LogP contribution in [0, 0.1) is 0 Å². The summed E-state index contributed by atoms with van der Waals surface area (Å²) in [7, 11) is -6.96. The minimum absolute atomic E-state index is 0.00461. The van der Waals surface area contributed by atoms with Crippen LogP contribution in [-0.4, -0.2) is 50.8 Å². The number of rotatable bonds is 3. The number of aliphatic hydroxyl groups excluding tert-OH is 1. The Balaban J connectivity index is 2.30. The normalized spacial score (nSPS) is 20.5. The number of sulfone groups is 1. The zero-order chi connectivity index (χ0) is 14.3. The van der Waals surface area contributed by atoms with Gasteiger partial charge in [0.2, 0.25) is 10.0 Å². The van der Waals surface area contributed by atoms with Crippen LogP contribution in [0.25, 0.3) is 0 Å². The Morgan fingerprint density at radius 2 is 1.95 bits per heavy atom. The number of aliphatic hydroxyl groups is 1. The van der Waals surface area contributed by atoms with Crippen LogP contribution in [0.4, 0.5) is 0 Å². The zero-order valence-electron chi connectivity index (χ0n) is 9.74. The van der Waals surface area contributed by atoms with Crippen LogP contribution in [0.2, 0.25) is 0 Å². The molecule has 1 saturated heterocycles. The van der Waals surface area contributed by atoms with Crippen LogP contribution >= 0.6 is 15.9 Å². The summed E-state index contributed by atoms with van der Waals surface area (Å²) in [6, 6.07) is 1.22. The molecule has 0 aliphatic carbocycles. The Hall–Kier alpha value is -0.420. The number of nitrogens with zero attached hydrogens (tertiary/aromatic N) is 1. The lowest BCUT2D eigenvalue weighted by Gasteiger charge is -2.25. The SMILES string of the molecule is O=S1(=O)CCN(S(=O)(=O)c2cc(CO)oc2Br)CC1. The highest BCUT2D eigenvalue weighted by molar-refractivity contribution is 9.10. The summed E-state index contributed by atoms with van der Waals surface area (Å²) in [5.41, 5.74) is 0.